The van der Waals surface area contributed by atoms with E-state index < -0.39 is 0 Å². The first-order chi connectivity index (χ1) is 9.55. The van der Waals surface area contributed by atoms with Gasteiger partial charge in [-0.25, -0.2) is 0 Å². The molecule has 0 aliphatic heterocycles. The van der Waals surface area contributed by atoms with Gasteiger partial charge in [-0.15, -0.1) is 0 Å². The average Bonchev–Trinajstić information content (AvgIpc) is 3.23. The van der Waals surface area contributed by atoms with E-state index >= 15 is 0 Å². The molecule has 1 aliphatic carbocycles. The highest BCUT2D eigenvalue weighted by Crippen LogP contribution is 2.20. The van der Waals surface area contributed by atoms with Crippen molar-refractivity contribution >= 4 is 11.8 Å². The molecule has 0 unspecified atom stereocenters. The lowest BCUT2D eigenvalue weighted by Crippen LogP contribution is -2.31. The van der Waals surface area contributed by atoms with Gasteiger partial charge in [0.15, 0.2) is 0 Å². The van der Waals surface area contributed by atoms with Gasteiger partial charge in [0.2, 0.25) is 0 Å². The van der Waals surface area contributed by atoms with Crippen molar-refractivity contribution in [2.24, 2.45) is 0 Å². The van der Waals surface area contributed by atoms with E-state index in [0.717, 1.165) is 18.4 Å². The van der Waals surface area contributed by atoms with Gasteiger partial charge in [0.05, 0.1) is 0 Å². The zero-order valence-corrected chi connectivity index (χ0v) is 12.4. The van der Waals surface area contributed by atoms with Gasteiger partial charge < -0.3 is 10.2 Å². The Morgan fingerprint density at radius 1 is 1.15 bits per heavy atom. The third-order valence-electron chi connectivity index (χ3n) is 3.55. The highest BCUT2D eigenvalue weighted by atomic mass is 16.2. The van der Waals surface area contributed by atoms with Gasteiger partial charge in [-0.05, 0) is 57.4 Å². The number of nitrogens with one attached hydrogen (secondary N) is 1. The Balaban J connectivity index is 2.23. The molecule has 0 heterocycles. The van der Waals surface area contributed by atoms with E-state index in [-0.39, 0.29) is 11.8 Å². The number of amides is 2. The lowest BCUT2D eigenvalue weighted by Gasteiger charge is -2.19. The Labute approximate surface area is 120 Å². The first-order valence-corrected chi connectivity index (χ1v) is 7.27. The molecule has 1 saturated carbocycles. The summed E-state index contributed by atoms with van der Waals surface area (Å²) in [6, 6.07) is 5.70. The molecule has 2 rings (SSSR count). The molecule has 0 bridgehead atoms. The normalized spacial score (nSPS) is 13.9. The summed E-state index contributed by atoms with van der Waals surface area (Å²) >= 11 is 0. The second-order valence-corrected chi connectivity index (χ2v) is 5.31. The number of hydrogen-bond acceptors (Lipinski definition) is 2. The van der Waals surface area contributed by atoms with Crippen LogP contribution in [0.1, 0.15) is 53.0 Å². The molecule has 1 aromatic carbocycles. The van der Waals surface area contributed by atoms with Crippen LogP contribution in [0, 0.1) is 6.92 Å². The summed E-state index contributed by atoms with van der Waals surface area (Å²) in [5.74, 6) is -0.0935. The van der Waals surface area contributed by atoms with Gasteiger partial charge in [-0.3, -0.25) is 9.59 Å². The van der Waals surface area contributed by atoms with Gasteiger partial charge in [0, 0.05) is 30.3 Å². The summed E-state index contributed by atoms with van der Waals surface area (Å²) in [5.41, 5.74) is 2.10. The molecule has 108 valence electrons. The van der Waals surface area contributed by atoms with Crippen LogP contribution in [0.4, 0.5) is 0 Å². The number of hydrogen-bond donors (Lipinski definition) is 1. The monoisotopic (exact) mass is 274 g/mol. The maximum Gasteiger partial charge on any atom is 0.253 e. The SMILES string of the molecule is CCN(CC)C(=O)c1cc(C)cc(C(=O)NC2CC2)c1. The molecule has 0 radical (unpaired) electrons. The Bertz CT molecular complexity index is 517. The zero-order valence-electron chi connectivity index (χ0n) is 12.4. The molecule has 0 spiro atoms. The molecule has 1 N–H and O–H groups in total. The molecular weight excluding hydrogens is 252 g/mol. The number of rotatable bonds is 5. The van der Waals surface area contributed by atoms with Crippen LogP contribution in [0.25, 0.3) is 0 Å². The smallest absolute Gasteiger partial charge is 0.253 e. The van der Waals surface area contributed by atoms with Crippen molar-refractivity contribution in [2.45, 2.75) is 39.7 Å². The first-order valence-electron chi connectivity index (χ1n) is 7.27. The summed E-state index contributed by atoms with van der Waals surface area (Å²) in [7, 11) is 0. The Kier molecular flexibility index (Phi) is 4.42. The average molecular weight is 274 g/mol. The summed E-state index contributed by atoms with van der Waals surface area (Å²) < 4.78 is 0. The Hall–Kier alpha value is -1.84. The van der Waals surface area contributed by atoms with E-state index in [1.165, 1.54) is 0 Å². The molecule has 1 aliphatic rings. The minimum Gasteiger partial charge on any atom is -0.349 e. The highest BCUT2D eigenvalue weighted by Gasteiger charge is 2.24. The van der Waals surface area contributed by atoms with Crippen molar-refractivity contribution in [2.75, 3.05) is 13.1 Å². The fourth-order valence-electron chi connectivity index (χ4n) is 2.23. The number of benzene rings is 1. The lowest BCUT2D eigenvalue weighted by atomic mass is 10.0. The molecule has 1 fully saturated rings. The quantitative estimate of drug-likeness (QED) is 0.896. The number of nitrogens with zero attached hydrogens (tertiary/aromatic N) is 1. The van der Waals surface area contributed by atoms with Gasteiger partial charge in [-0.2, -0.15) is 0 Å². The second-order valence-electron chi connectivity index (χ2n) is 5.31. The van der Waals surface area contributed by atoms with Gasteiger partial charge in [-0.1, -0.05) is 0 Å². The van der Waals surface area contributed by atoms with Crippen LogP contribution in [-0.4, -0.2) is 35.8 Å². The standard InChI is InChI=1S/C16H22N2O2/c1-4-18(5-2)16(20)13-9-11(3)8-12(10-13)15(19)17-14-6-7-14/h8-10,14H,4-7H2,1-3H3,(H,17,19). The summed E-state index contributed by atoms with van der Waals surface area (Å²) in [6.07, 6.45) is 2.12. The van der Waals surface area contributed by atoms with Crippen LogP contribution >= 0.6 is 0 Å². The highest BCUT2D eigenvalue weighted by molar-refractivity contribution is 6.00. The summed E-state index contributed by atoms with van der Waals surface area (Å²) in [4.78, 5) is 26.2. The van der Waals surface area contributed by atoms with Crippen molar-refractivity contribution in [3.05, 3.63) is 34.9 Å². The van der Waals surface area contributed by atoms with Gasteiger partial charge in [0.25, 0.3) is 11.8 Å². The van der Waals surface area contributed by atoms with Crippen LogP contribution in [0.2, 0.25) is 0 Å². The van der Waals surface area contributed by atoms with Crippen LogP contribution in [0.3, 0.4) is 0 Å². The van der Waals surface area contributed by atoms with Crippen LogP contribution in [0.15, 0.2) is 18.2 Å². The van der Waals surface area contributed by atoms with Gasteiger partial charge in [0.1, 0.15) is 0 Å². The maximum atomic E-state index is 12.4. The summed E-state index contributed by atoms with van der Waals surface area (Å²) in [5, 5.41) is 2.96. The lowest BCUT2D eigenvalue weighted by molar-refractivity contribution is 0.0773. The number of carbonyl (C=O) groups excluding carboxylic acids is 2. The largest absolute Gasteiger partial charge is 0.349 e. The van der Waals surface area contributed by atoms with Crippen molar-refractivity contribution in [3.63, 3.8) is 0 Å². The zero-order chi connectivity index (χ0) is 14.7. The van der Waals surface area contributed by atoms with Crippen LogP contribution in [0.5, 0.6) is 0 Å². The Morgan fingerprint density at radius 3 is 2.30 bits per heavy atom. The molecule has 4 heteroatoms. The fraction of sp³-hybridized carbons (Fsp3) is 0.500. The van der Waals surface area contributed by atoms with Crippen molar-refractivity contribution in [1.29, 1.82) is 0 Å². The van der Waals surface area contributed by atoms with E-state index in [2.05, 4.69) is 5.32 Å². The van der Waals surface area contributed by atoms with E-state index in [0.29, 0.717) is 30.3 Å². The van der Waals surface area contributed by atoms with Crippen molar-refractivity contribution < 1.29 is 9.59 Å². The minimum absolute atomic E-state index is 0.0147. The van der Waals surface area contributed by atoms with E-state index in [1.54, 1.807) is 11.0 Å². The molecule has 2 amide bonds. The predicted octanol–water partition coefficient (Wildman–Crippen LogP) is 2.37. The maximum absolute atomic E-state index is 12.4. The molecule has 0 saturated heterocycles. The van der Waals surface area contributed by atoms with E-state index in [9.17, 15) is 9.59 Å². The molecular formula is C16H22N2O2. The molecule has 20 heavy (non-hydrogen) atoms. The second kappa shape index (κ2) is 6.07. The van der Waals surface area contributed by atoms with E-state index in [1.807, 2.05) is 32.9 Å². The van der Waals surface area contributed by atoms with E-state index in [4.69, 9.17) is 0 Å². The van der Waals surface area contributed by atoms with Crippen molar-refractivity contribution in [3.8, 4) is 0 Å². The number of aryl methyl sites for hydroxylation is 1. The molecule has 0 aromatic heterocycles. The minimum atomic E-state index is -0.0789. The fourth-order valence-corrected chi connectivity index (χ4v) is 2.23. The predicted molar refractivity (Wildman–Crippen MR) is 78.9 cm³/mol. The van der Waals surface area contributed by atoms with Crippen molar-refractivity contribution in [1.82, 2.24) is 10.2 Å². The molecule has 4 nitrogen and oxygen atoms in total. The topological polar surface area (TPSA) is 49.4 Å². The third kappa shape index (κ3) is 3.38. The van der Waals surface area contributed by atoms with Gasteiger partial charge >= 0.3 is 0 Å². The number of carbonyl (C=O) groups is 2. The molecule has 0 atom stereocenters. The van der Waals surface area contributed by atoms with Crippen LogP contribution in [-0.2, 0) is 0 Å². The third-order valence-corrected chi connectivity index (χ3v) is 3.55. The van der Waals surface area contributed by atoms with Crippen LogP contribution < -0.4 is 5.32 Å². The molecule has 1 aromatic rings. The Morgan fingerprint density at radius 2 is 1.75 bits per heavy atom. The first kappa shape index (κ1) is 14.6. The summed E-state index contributed by atoms with van der Waals surface area (Å²) in [6.45, 7) is 7.17.